The molecule has 0 aromatic carbocycles. The molecular weight excluding hydrogens is 158 g/mol. The van der Waals surface area contributed by atoms with Gasteiger partial charge in [0.15, 0.2) is 6.29 Å². The quantitative estimate of drug-likeness (QED) is 0.568. The van der Waals surface area contributed by atoms with Gasteiger partial charge in [0, 0.05) is 6.07 Å². The molecule has 0 aliphatic carbocycles. The Morgan fingerprint density at radius 1 is 1.83 bits per heavy atom. The highest BCUT2D eigenvalue weighted by atomic mass is 16.5. The molecule has 1 unspecified atom stereocenters. The van der Waals surface area contributed by atoms with Gasteiger partial charge in [0.25, 0.3) is 0 Å². The number of nitrogens with two attached hydrogens (primary N) is 1. The van der Waals surface area contributed by atoms with Gasteiger partial charge in [-0.2, -0.15) is 5.10 Å². The molecule has 0 bridgehead atoms. The van der Waals surface area contributed by atoms with E-state index in [1.54, 1.807) is 10.7 Å². The predicted molar refractivity (Wildman–Crippen MR) is 41.1 cm³/mol. The molecule has 0 saturated heterocycles. The van der Waals surface area contributed by atoms with Crippen LogP contribution in [0.1, 0.15) is 10.5 Å². The van der Waals surface area contributed by atoms with E-state index >= 15 is 0 Å². The number of carbonyl (C=O) groups excluding carboxylic acids is 1. The lowest BCUT2D eigenvalue weighted by Gasteiger charge is -2.20. The third-order valence-corrected chi connectivity index (χ3v) is 1.74. The number of rotatable bonds is 1. The Kier molecular flexibility index (Phi) is 1.58. The van der Waals surface area contributed by atoms with Crippen molar-refractivity contribution in [3.63, 3.8) is 0 Å². The monoisotopic (exact) mass is 167 g/mol. The highest BCUT2D eigenvalue weighted by Gasteiger charge is 2.17. The first kappa shape index (κ1) is 7.30. The van der Waals surface area contributed by atoms with Crippen LogP contribution in [0.25, 0.3) is 0 Å². The Morgan fingerprint density at radius 2 is 2.67 bits per heavy atom. The Balaban J connectivity index is 2.34. The van der Waals surface area contributed by atoms with Crippen molar-refractivity contribution in [1.29, 1.82) is 0 Å². The minimum atomic E-state index is -0.0306. The van der Waals surface area contributed by atoms with E-state index in [9.17, 15) is 4.79 Å². The SMILES string of the molecule is NC1COc2cc(C=O)nn2C1. The zero-order valence-corrected chi connectivity index (χ0v) is 6.43. The van der Waals surface area contributed by atoms with Gasteiger partial charge in [0.1, 0.15) is 12.3 Å². The third kappa shape index (κ3) is 1.08. The number of fused-ring (bicyclic) bond motifs is 1. The maximum atomic E-state index is 10.3. The van der Waals surface area contributed by atoms with Crippen LogP contribution in [0.15, 0.2) is 6.07 Å². The minimum absolute atomic E-state index is 0.0306. The van der Waals surface area contributed by atoms with E-state index < -0.39 is 0 Å². The molecule has 2 N–H and O–H groups in total. The summed E-state index contributed by atoms with van der Waals surface area (Å²) in [5.41, 5.74) is 6.01. The predicted octanol–water partition coefficient (Wildman–Crippen LogP) is -0.585. The number of hydrogen-bond donors (Lipinski definition) is 1. The molecule has 5 nitrogen and oxygen atoms in total. The molecule has 0 spiro atoms. The van der Waals surface area contributed by atoms with Crippen molar-refractivity contribution in [3.05, 3.63) is 11.8 Å². The average molecular weight is 167 g/mol. The molecule has 2 rings (SSSR count). The van der Waals surface area contributed by atoms with Gasteiger partial charge in [0.05, 0.1) is 12.6 Å². The van der Waals surface area contributed by atoms with Crippen LogP contribution in [0.5, 0.6) is 5.88 Å². The largest absolute Gasteiger partial charge is 0.476 e. The second kappa shape index (κ2) is 2.60. The average Bonchev–Trinajstić information content (AvgIpc) is 2.46. The maximum Gasteiger partial charge on any atom is 0.212 e. The minimum Gasteiger partial charge on any atom is -0.476 e. The van der Waals surface area contributed by atoms with E-state index in [-0.39, 0.29) is 6.04 Å². The van der Waals surface area contributed by atoms with Gasteiger partial charge in [-0.1, -0.05) is 0 Å². The Bertz CT molecular complexity index is 308. The number of carbonyl (C=O) groups is 1. The Labute approximate surface area is 69.1 Å². The summed E-state index contributed by atoms with van der Waals surface area (Å²) < 4.78 is 6.84. The fraction of sp³-hybridized carbons (Fsp3) is 0.429. The number of ether oxygens (including phenoxy) is 1. The summed E-state index contributed by atoms with van der Waals surface area (Å²) in [4.78, 5) is 10.3. The van der Waals surface area contributed by atoms with E-state index in [1.165, 1.54) is 0 Å². The normalized spacial score (nSPS) is 21.2. The smallest absolute Gasteiger partial charge is 0.212 e. The van der Waals surface area contributed by atoms with Gasteiger partial charge < -0.3 is 10.5 Å². The van der Waals surface area contributed by atoms with E-state index in [4.69, 9.17) is 10.5 Å². The second-order valence-corrected chi connectivity index (χ2v) is 2.78. The molecule has 5 heteroatoms. The molecule has 1 aromatic rings. The van der Waals surface area contributed by atoms with Crippen LogP contribution in [0.2, 0.25) is 0 Å². The van der Waals surface area contributed by atoms with E-state index in [0.717, 1.165) is 0 Å². The fourth-order valence-corrected chi connectivity index (χ4v) is 1.19. The summed E-state index contributed by atoms with van der Waals surface area (Å²) in [6.45, 7) is 1.10. The Morgan fingerprint density at radius 3 is 3.42 bits per heavy atom. The second-order valence-electron chi connectivity index (χ2n) is 2.78. The molecule has 1 aliphatic heterocycles. The summed E-state index contributed by atoms with van der Waals surface area (Å²) in [6.07, 6.45) is 0.695. The van der Waals surface area contributed by atoms with Gasteiger partial charge in [-0.15, -0.1) is 0 Å². The van der Waals surface area contributed by atoms with Gasteiger partial charge in [0.2, 0.25) is 5.88 Å². The van der Waals surface area contributed by atoms with E-state index in [0.29, 0.717) is 31.0 Å². The molecule has 0 saturated carbocycles. The first-order valence-electron chi connectivity index (χ1n) is 3.71. The standard InChI is InChI=1S/C7H9N3O2/c8-5-2-10-7(12-4-5)1-6(3-11)9-10/h1,3,5H,2,4,8H2. The summed E-state index contributed by atoms with van der Waals surface area (Å²) in [5.74, 6) is 0.624. The summed E-state index contributed by atoms with van der Waals surface area (Å²) in [7, 11) is 0. The van der Waals surface area contributed by atoms with Crippen molar-refractivity contribution < 1.29 is 9.53 Å². The lowest BCUT2D eigenvalue weighted by atomic mass is 10.3. The van der Waals surface area contributed by atoms with Crippen LogP contribution in [-0.4, -0.2) is 28.7 Å². The van der Waals surface area contributed by atoms with E-state index in [1.807, 2.05) is 0 Å². The molecule has 0 fully saturated rings. The van der Waals surface area contributed by atoms with Crippen molar-refractivity contribution >= 4 is 6.29 Å². The van der Waals surface area contributed by atoms with Gasteiger partial charge in [-0.25, -0.2) is 4.68 Å². The number of aromatic nitrogens is 2. The highest BCUT2D eigenvalue weighted by molar-refractivity contribution is 5.72. The lowest BCUT2D eigenvalue weighted by Crippen LogP contribution is -2.37. The molecule has 0 radical (unpaired) electrons. The van der Waals surface area contributed by atoms with Crippen molar-refractivity contribution in [2.75, 3.05) is 6.61 Å². The molecule has 0 amide bonds. The van der Waals surface area contributed by atoms with Crippen LogP contribution < -0.4 is 10.5 Å². The summed E-state index contributed by atoms with van der Waals surface area (Å²) in [5, 5.41) is 3.96. The third-order valence-electron chi connectivity index (χ3n) is 1.74. The molecular formula is C7H9N3O2. The molecule has 1 aliphatic rings. The van der Waals surface area contributed by atoms with Crippen molar-refractivity contribution in [3.8, 4) is 5.88 Å². The molecule has 1 atom stereocenters. The molecule has 1 aromatic heterocycles. The van der Waals surface area contributed by atoms with Crippen LogP contribution in [0, 0.1) is 0 Å². The summed E-state index contributed by atoms with van der Waals surface area (Å²) >= 11 is 0. The van der Waals surface area contributed by atoms with Crippen LogP contribution in [0.3, 0.4) is 0 Å². The van der Waals surface area contributed by atoms with E-state index in [2.05, 4.69) is 5.10 Å². The van der Waals surface area contributed by atoms with Crippen molar-refractivity contribution in [1.82, 2.24) is 9.78 Å². The molecule has 2 heterocycles. The molecule has 64 valence electrons. The van der Waals surface area contributed by atoms with Crippen LogP contribution in [0.4, 0.5) is 0 Å². The van der Waals surface area contributed by atoms with Gasteiger partial charge in [-0.3, -0.25) is 4.79 Å². The van der Waals surface area contributed by atoms with Crippen molar-refractivity contribution in [2.24, 2.45) is 5.73 Å². The number of aldehydes is 1. The van der Waals surface area contributed by atoms with Gasteiger partial charge >= 0.3 is 0 Å². The topological polar surface area (TPSA) is 70.1 Å². The van der Waals surface area contributed by atoms with Crippen LogP contribution in [-0.2, 0) is 6.54 Å². The van der Waals surface area contributed by atoms with Gasteiger partial charge in [-0.05, 0) is 0 Å². The van der Waals surface area contributed by atoms with Crippen molar-refractivity contribution in [2.45, 2.75) is 12.6 Å². The number of hydrogen-bond acceptors (Lipinski definition) is 4. The Hall–Kier alpha value is -1.36. The van der Waals surface area contributed by atoms with Crippen LogP contribution >= 0.6 is 0 Å². The maximum absolute atomic E-state index is 10.3. The fourth-order valence-electron chi connectivity index (χ4n) is 1.19. The first-order valence-corrected chi connectivity index (χ1v) is 3.71. The number of nitrogens with zero attached hydrogens (tertiary/aromatic N) is 2. The zero-order chi connectivity index (χ0) is 8.55. The summed E-state index contributed by atoms with van der Waals surface area (Å²) in [6, 6.07) is 1.58. The first-order chi connectivity index (χ1) is 5.79. The molecule has 12 heavy (non-hydrogen) atoms. The zero-order valence-electron chi connectivity index (χ0n) is 6.43. The lowest BCUT2D eigenvalue weighted by molar-refractivity contribution is 0.111. The highest BCUT2D eigenvalue weighted by Crippen LogP contribution is 2.16.